The van der Waals surface area contributed by atoms with E-state index < -0.39 is 97.5 Å². The van der Waals surface area contributed by atoms with Crippen molar-refractivity contribution >= 4 is 39.5 Å². The van der Waals surface area contributed by atoms with Crippen LogP contribution in [0, 0.1) is 11.8 Å². The Bertz CT molecular complexity index is 1890. The van der Waals surface area contributed by atoms with Crippen molar-refractivity contribution < 1.29 is 80.2 Å². The first-order chi connectivity index (χ1) is 47.4. The van der Waals surface area contributed by atoms with Gasteiger partial charge in [0.05, 0.1) is 26.4 Å². The molecule has 6 atom stereocenters. The molecule has 0 heterocycles. The van der Waals surface area contributed by atoms with E-state index in [1.54, 1.807) is 0 Å². The largest absolute Gasteiger partial charge is 0.472 e. The quantitative estimate of drug-likeness (QED) is 0.0222. The maximum atomic E-state index is 13.1. The van der Waals surface area contributed by atoms with E-state index in [0.29, 0.717) is 25.7 Å². The van der Waals surface area contributed by atoms with Crippen LogP contribution in [0.2, 0.25) is 0 Å². The van der Waals surface area contributed by atoms with Gasteiger partial charge in [0, 0.05) is 25.7 Å². The third kappa shape index (κ3) is 71.1. The van der Waals surface area contributed by atoms with Crippen LogP contribution in [0.15, 0.2) is 0 Å². The second kappa shape index (κ2) is 70.7. The Morgan fingerprint density at radius 1 is 0.296 bits per heavy atom. The van der Waals surface area contributed by atoms with Crippen LogP contribution in [0.1, 0.15) is 414 Å². The third-order valence-electron chi connectivity index (χ3n) is 18.8. The zero-order chi connectivity index (χ0) is 72.1. The Morgan fingerprint density at radius 2 is 0.520 bits per heavy atom. The Hall–Kier alpha value is -1.94. The number of carbonyl (C=O) groups excluding carboxylic acids is 4. The van der Waals surface area contributed by atoms with Crippen LogP contribution >= 0.6 is 15.6 Å². The molecule has 98 heavy (non-hydrogen) atoms. The van der Waals surface area contributed by atoms with Crippen LogP contribution in [0.3, 0.4) is 0 Å². The molecule has 0 amide bonds. The summed E-state index contributed by atoms with van der Waals surface area (Å²) in [6.45, 7) is 9.64. The number of hydrogen-bond donors (Lipinski definition) is 3. The molecule has 0 aliphatic rings. The predicted octanol–water partition coefficient (Wildman–Crippen LogP) is 23.5. The van der Waals surface area contributed by atoms with Crippen LogP contribution in [0.25, 0.3) is 0 Å². The highest BCUT2D eigenvalue weighted by Crippen LogP contribution is 2.45. The topological polar surface area (TPSA) is 237 Å². The number of carbonyl (C=O) groups is 4. The molecule has 0 aromatic carbocycles. The van der Waals surface area contributed by atoms with Crippen molar-refractivity contribution in [1.82, 2.24) is 0 Å². The van der Waals surface area contributed by atoms with Crippen molar-refractivity contribution in [2.45, 2.75) is 432 Å². The fourth-order valence-corrected chi connectivity index (χ4v) is 13.7. The van der Waals surface area contributed by atoms with E-state index in [-0.39, 0.29) is 25.7 Å². The van der Waals surface area contributed by atoms with E-state index in [4.69, 9.17) is 37.0 Å². The summed E-state index contributed by atoms with van der Waals surface area (Å²) in [6.07, 6.45) is 59.6. The van der Waals surface area contributed by atoms with E-state index in [1.165, 1.54) is 231 Å². The molecule has 0 spiro atoms. The van der Waals surface area contributed by atoms with Gasteiger partial charge in [0.2, 0.25) is 0 Å². The molecule has 0 saturated heterocycles. The van der Waals surface area contributed by atoms with Crippen LogP contribution < -0.4 is 0 Å². The number of rotatable bonds is 78. The van der Waals surface area contributed by atoms with E-state index in [2.05, 4.69) is 41.5 Å². The highest BCUT2D eigenvalue weighted by atomic mass is 31.2. The number of aliphatic hydroxyl groups excluding tert-OH is 1. The summed E-state index contributed by atoms with van der Waals surface area (Å²) in [7, 11) is -9.91. The first-order valence-corrected chi connectivity index (χ1v) is 44.0. The molecule has 0 radical (unpaired) electrons. The number of ether oxygens (including phenoxy) is 4. The molecule has 3 unspecified atom stereocenters. The summed E-state index contributed by atoms with van der Waals surface area (Å²) < 4.78 is 68.6. The van der Waals surface area contributed by atoms with Crippen molar-refractivity contribution in [2.24, 2.45) is 11.8 Å². The molecule has 0 aliphatic heterocycles. The number of unbranched alkanes of at least 4 members (excludes halogenated alkanes) is 47. The average molecular weight is 1440 g/mol. The standard InChI is InChI=1S/C79H154O17P2/c1-7-10-12-14-16-18-20-21-29-33-37-44-50-56-62-77(82)90-67-74(95-78(83)63-57-51-45-38-34-30-27-25-23-22-24-26-28-32-35-42-48-54-60-72(6)9-3)69-93-97(85,86)91-65-73(80)66-92-98(87,88)94-70-75(96-79(84)64-58-52-46-40-39-41-47-53-59-71(4)5)68-89-76(81)61-55-49-43-36-31-19-17-15-13-11-8-2/h71-75,80H,7-70H2,1-6H3,(H,85,86)(H,87,88)/t72?,73-,74-,75-/m1/s1. The van der Waals surface area contributed by atoms with Crippen molar-refractivity contribution in [2.75, 3.05) is 39.6 Å². The molecule has 17 nitrogen and oxygen atoms in total. The second-order valence-electron chi connectivity index (χ2n) is 29.2. The van der Waals surface area contributed by atoms with Gasteiger partial charge in [-0.2, -0.15) is 0 Å². The van der Waals surface area contributed by atoms with Gasteiger partial charge >= 0.3 is 39.5 Å². The molecule has 0 aliphatic carbocycles. The molecule has 0 rings (SSSR count). The molecule has 0 fully saturated rings. The van der Waals surface area contributed by atoms with E-state index in [0.717, 1.165) is 102 Å². The summed E-state index contributed by atoms with van der Waals surface area (Å²) in [5.74, 6) is -0.523. The van der Waals surface area contributed by atoms with Gasteiger partial charge in [-0.3, -0.25) is 37.3 Å². The summed E-state index contributed by atoms with van der Waals surface area (Å²) in [5, 5.41) is 10.6. The molecule has 0 aromatic heterocycles. The molecule has 19 heteroatoms. The van der Waals surface area contributed by atoms with Crippen LogP contribution in [-0.4, -0.2) is 96.7 Å². The van der Waals surface area contributed by atoms with E-state index in [9.17, 15) is 43.2 Å². The minimum absolute atomic E-state index is 0.105. The molecule has 0 saturated carbocycles. The third-order valence-corrected chi connectivity index (χ3v) is 20.7. The monoisotopic (exact) mass is 1440 g/mol. The number of phosphoric ester groups is 2. The SMILES string of the molecule is CCCCCCCCCCCCCCCCC(=O)OC[C@H](COP(=O)(O)OC[C@@H](O)COP(=O)(O)OC[C@@H](COC(=O)CCCCCCCCCCCCC)OC(=O)CCCCCCCCCCC(C)C)OC(=O)CCCCCCCCCCCCCCCCCCCCC(C)CC. The lowest BCUT2D eigenvalue weighted by molar-refractivity contribution is -0.161. The molecular weight excluding hydrogens is 1280 g/mol. The highest BCUT2D eigenvalue weighted by molar-refractivity contribution is 7.47. The van der Waals surface area contributed by atoms with Gasteiger partial charge in [0.15, 0.2) is 12.2 Å². The summed E-state index contributed by atoms with van der Waals surface area (Å²) in [4.78, 5) is 72.9. The lowest BCUT2D eigenvalue weighted by Crippen LogP contribution is -2.30. The molecule has 582 valence electrons. The van der Waals surface area contributed by atoms with Gasteiger partial charge in [-0.1, -0.05) is 363 Å². The number of hydrogen-bond acceptors (Lipinski definition) is 15. The van der Waals surface area contributed by atoms with E-state index >= 15 is 0 Å². The van der Waals surface area contributed by atoms with Crippen LogP contribution in [0.4, 0.5) is 0 Å². The number of phosphoric acid groups is 2. The van der Waals surface area contributed by atoms with Crippen molar-refractivity contribution in [1.29, 1.82) is 0 Å². The Labute approximate surface area is 600 Å². The fourth-order valence-electron chi connectivity index (χ4n) is 12.2. The van der Waals surface area contributed by atoms with Crippen molar-refractivity contribution in [3.63, 3.8) is 0 Å². The minimum Gasteiger partial charge on any atom is -0.462 e. The highest BCUT2D eigenvalue weighted by Gasteiger charge is 2.30. The summed E-state index contributed by atoms with van der Waals surface area (Å²) in [6, 6.07) is 0. The lowest BCUT2D eigenvalue weighted by Gasteiger charge is -2.21. The van der Waals surface area contributed by atoms with Gasteiger partial charge in [0.1, 0.15) is 19.3 Å². The van der Waals surface area contributed by atoms with Gasteiger partial charge < -0.3 is 33.8 Å². The van der Waals surface area contributed by atoms with Gasteiger partial charge in [0.25, 0.3) is 0 Å². The fraction of sp³-hybridized carbons (Fsp3) is 0.949. The van der Waals surface area contributed by atoms with E-state index in [1.807, 2.05) is 0 Å². The van der Waals surface area contributed by atoms with Crippen molar-refractivity contribution in [3.8, 4) is 0 Å². The number of aliphatic hydroxyl groups is 1. The zero-order valence-corrected chi connectivity index (χ0v) is 65.9. The first-order valence-electron chi connectivity index (χ1n) is 41.0. The lowest BCUT2D eigenvalue weighted by atomic mass is 9.99. The summed E-state index contributed by atoms with van der Waals surface area (Å²) >= 11 is 0. The predicted molar refractivity (Wildman–Crippen MR) is 400 cm³/mol. The normalized spacial score (nSPS) is 14.2. The maximum absolute atomic E-state index is 13.1. The molecule has 0 bridgehead atoms. The molecule has 3 N–H and O–H groups in total. The average Bonchev–Trinajstić information content (AvgIpc) is 1.07. The Balaban J connectivity index is 5.20. The molecule has 0 aromatic rings. The van der Waals surface area contributed by atoms with Gasteiger partial charge in [-0.15, -0.1) is 0 Å². The van der Waals surface area contributed by atoms with Gasteiger partial charge in [-0.05, 0) is 37.5 Å². The van der Waals surface area contributed by atoms with Crippen molar-refractivity contribution in [3.05, 3.63) is 0 Å². The minimum atomic E-state index is -4.96. The maximum Gasteiger partial charge on any atom is 0.472 e. The van der Waals surface area contributed by atoms with Crippen LogP contribution in [0.5, 0.6) is 0 Å². The zero-order valence-electron chi connectivity index (χ0n) is 64.1. The first kappa shape index (κ1) is 96.1. The second-order valence-corrected chi connectivity index (χ2v) is 32.1. The molecular formula is C79H154O17P2. The smallest absolute Gasteiger partial charge is 0.462 e. The Morgan fingerprint density at radius 3 is 0.776 bits per heavy atom. The summed E-state index contributed by atoms with van der Waals surface area (Å²) in [5.41, 5.74) is 0. The Kier molecular flexibility index (Phi) is 69.3. The van der Waals surface area contributed by atoms with Crippen LogP contribution in [-0.2, 0) is 65.4 Å². The number of esters is 4. The van der Waals surface area contributed by atoms with Gasteiger partial charge in [-0.25, -0.2) is 9.13 Å².